The second-order valence-corrected chi connectivity index (χ2v) is 4.86. The van der Waals surface area contributed by atoms with Crippen LogP contribution < -0.4 is 0 Å². The van der Waals surface area contributed by atoms with E-state index < -0.39 is 0 Å². The topological polar surface area (TPSA) is 12.5 Å². The molecule has 1 fully saturated rings. The Hall–Kier alpha value is -0.860. The third-order valence-electron chi connectivity index (χ3n) is 3.33. The predicted octanol–water partition coefficient (Wildman–Crippen LogP) is 3.08. The molecule has 0 unspecified atom stereocenters. The van der Waals surface area contributed by atoms with Crippen molar-refractivity contribution >= 4 is 0 Å². The van der Waals surface area contributed by atoms with Gasteiger partial charge in [-0.05, 0) is 18.4 Å². The molecular weight excluding hydrogens is 210 g/mol. The minimum atomic E-state index is 0.463. The first kappa shape index (κ1) is 12.6. The standard InChI is InChI=1S/C15H23NO/c1-2-3-11-17-15-9-10-16(13-15)12-14-7-5-4-6-8-14/h4-8,15H,2-3,9-13H2,1H3/t15-/m0/s1. The van der Waals surface area contributed by atoms with Crippen molar-refractivity contribution in [1.82, 2.24) is 4.90 Å². The van der Waals surface area contributed by atoms with Gasteiger partial charge in [0, 0.05) is 26.2 Å². The second-order valence-electron chi connectivity index (χ2n) is 4.86. The predicted molar refractivity (Wildman–Crippen MR) is 71.0 cm³/mol. The van der Waals surface area contributed by atoms with E-state index in [4.69, 9.17) is 4.74 Å². The van der Waals surface area contributed by atoms with Gasteiger partial charge in [0.1, 0.15) is 0 Å². The maximum absolute atomic E-state index is 5.87. The average Bonchev–Trinajstić information content (AvgIpc) is 2.79. The number of likely N-dealkylation sites (tertiary alicyclic amines) is 1. The molecule has 2 heteroatoms. The van der Waals surface area contributed by atoms with Crippen molar-refractivity contribution in [3.8, 4) is 0 Å². The third kappa shape index (κ3) is 4.14. The molecule has 0 bridgehead atoms. The van der Waals surface area contributed by atoms with Gasteiger partial charge in [-0.25, -0.2) is 0 Å². The summed E-state index contributed by atoms with van der Waals surface area (Å²) >= 11 is 0. The van der Waals surface area contributed by atoms with Gasteiger partial charge in [0.15, 0.2) is 0 Å². The molecule has 0 amide bonds. The van der Waals surface area contributed by atoms with Crippen molar-refractivity contribution in [1.29, 1.82) is 0 Å². The van der Waals surface area contributed by atoms with Gasteiger partial charge in [-0.1, -0.05) is 43.7 Å². The number of unbranched alkanes of at least 4 members (excludes halogenated alkanes) is 1. The number of benzene rings is 1. The van der Waals surface area contributed by atoms with Crippen LogP contribution >= 0.6 is 0 Å². The molecule has 1 aliphatic heterocycles. The van der Waals surface area contributed by atoms with Gasteiger partial charge in [0.05, 0.1) is 6.10 Å². The fourth-order valence-corrected chi connectivity index (χ4v) is 2.31. The van der Waals surface area contributed by atoms with Crippen molar-refractivity contribution in [2.24, 2.45) is 0 Å². The van der Waals surface area contributed by atoms with Crippen LogP contribution in [0.1, 0.15) is 31.7 Å². The van der Waals surface area contributed by atoms with Crippen LogP contribution in [0.3, 0.4) is 0 Å². The lowest BCUT2D eigenvalue weighted by atomic mass is 10.2. The quantitative estimate of drug-likeness (QED) is 0.700. The molecule has 17 heavy (non-hydrogen) atoms. The van der Waals surface area contributed by atoms with Crippen molar-refractivity contribution in [3.63, 3.8) is 0 Å². The van der Waals surface area contributed by atoms with E-state index in [1.165, 1.54) is 31.4 Å². The Morgan fingerprint density at radius 3 is 2.88 bits per heavy atom. The van der Waals surface area contributed by atoms with Crippen LogP contribution in [-0.4, -0.2) is 30.7 Å². The largest absolute Gasteiger partial charge is 0.377 e. The van der Waals surface area contributed by atoms with E-state index in [1.807, 2.05) is 0 Å². The van der Waals surface area contributed by atoms with Crippen LogP contribution in [0.2, 0.25) is 0 Å². The number of hydrogen-bond acceptors (Lipinski definition) is 2. The van der Waals surface area contributed by atoms with E-state index in [0.717, 1.165) is 19.7 Å². The summed E-state index contributed by atoms with van der Waals surface area (Å²) in [7, 11) is 0. The van der Waals surface area contributed by atoms with Crippen LogP contribution in [-0.2, 0) is 11.3 Å². The van der Waals surface area contributed by atoms with E-state index in [0.29, 0.717) is 6.10 Å². The Bertz CT molecular complexity index is 312. The molecule has 1 aromatic rings. The smallest absolute Gasteiger partial charge is 0.0714 e. The van der Waals surface area contributed by atoms with Gasteiger partial charge in [0.2, 0.25) is 0 Å². The Morgan fingerprint density at radius 1 is 1.29 bits per heavy atom. The van der Waals surface area contributed by atoms with Crippen LogP contribution in [0, 0.1) is 0 Å². The van der Waals surface area contributed by atoms with Gasteiger partial charge < -0.3 is 4.74 Å². The normalized spacial score (nSPS) is 20.9. The van der Waals surface area contributed by atoms with Crippen molar-refractivity contribution < 1.29 is 4.74 Å². The lowest BCUT2D eigenvalue weighted by Gasteiger charge is -2.16. The SMILES string of the molecule is CCCCO[C@H]1CCN(Cc2ccccc2)C1. The van der Waals surface area contributed by atoms with E-state index in [-0.39, 0.29) is 0 Å². The van der Waals surface area contributed by atoms with E-state index in [1.54, 1.807) is 0 Å². The minimum Gasteiger partial charge on any atom is -0.377 e. The van der Waals surface area contributed by atoms with Crippen molar-refractivity contribution in [2.45, 2.75) is 38.8 Å². The van der Waals surface area contributed by atoms with Crippen LogP contribution in [0.4, 0.5) is 0 Å². The molecule has 1 atom stereocenters. The molecule has 0 aliphatic carbocycles. The third-order valence-corrected chi connectivity index (χ3v) is 3.33. The molecule has 2 rings (SSSR count). The second kappa shape index (κ2) is 6.77. The number of rotatable bonds is 6. The first-order chi connectivity index (χ1) is 8.38. The molecule has 0 radical (unpaired) electrons. The highest BCUT2D eigenvalue weighted by Crippen LogP contribution is 2.16. The van der Waals surface area contributed by atoms with Crippen molar-refractivity contribution in [2.75, 3.05) is 19.7 Å². The Labute approximate surface area is 105 Å². The monoisotopic (exact) mass is 233 g/mol. The average molecular weight is 233 g/mol. The number of hydrogen-bond donors (Lipinski definition) is 0. The Balaban J connectivity index is 1.71. The number of nitrogens with zero attached hydrogens (tertiary/aromatic N) is 1. The molecule has 1 aromatic carbocycles. The summed E-state index contributed by atoms with van der Waals surface area (Å²) in [5.41, 5.74) is 1.40. The summed E-state index contributed by atoms with van der Waals surface area (Å²) in [4.78, 5) is 2.49. The molecule has 0 N–H and O–H groups in total. The summed E-state index contributed by atoms with van der Waals surface area (Å²) in [6.45, 7) is 6.47. The molecular formula is C15H23NO. The summed E-state index contributed by atoms with van der Waals surface area (Å²) in [6.07, 6.45) is 4.07. The molecule has 1 saturated heterocycles. The molecule has 94 valence electrons. The summed E-state index contributed by atoms with van der Waals surface area (Å²) < 4.78 is 5.87. The Morgan fingerprint density at radius 2 is 2.12 bits per heavy atom. The zero-order valence-electron chi connectivity index (χ0n) is 10.8. The van der Waals surface area contributed by atoms with Gasteiger partial charge in [-0.15, -0.1) is 0 Å². The van der Waals surface area contributed by atoms with E-state index in [2.05, 4.69) is 42.2 Å². The molecule has 1 heterocycles. The molecule has 1 aliphatic rings. The first-order valence-electron chi connectivity index (χ1n) is 6.76. The minimum absolute atomic E-state index is 0.463. The fraction of sp³-hybridized carbons (Fsp3) is 0.600. The van der Waals surface area contributed by atoms with Gasteiger partial charge >= 0.3 is 0 Å². The summed E-state index contributed by atoms with van der Waals surface area (Å²) in [6, 6.07) is 10.7. The maximum Gasteiger partial charge on any atom is 0.0714 e. The summed E-state index contributed by atoms with van der Waals surface area (Å²) in [5.74, 6) is 0. The molecule has 0 spiro atoms. The zero-order chi connectivity index (χ0) is 11.9. The maximum atomic E-state index is 5.87. The first-order valence-corrected chi connectivity index (χ1v) is 6.76. The highest BCUT2D eigenvalue weighted by molar-refractivity contribution is 5.14. The Kier molecular flexibility index (Phi) is 5.02. The highest BCUT2D eigenvalue weighted by atomic mass is 16.5. The van der Waals surface area contributed by atoms with Gasteiger partial charge in [0.25, 0.3) is 0 Å². The molecule has 2 nitrogen and oxygen atoms in total. The van der Waals surface area contributed by atoms with Crippen LogP contribution in [0.5, 0.6) is 0 Å². The van der Waals surface area contributed by atoms with E-state index in [9.17, 15) is 0 Å². The van der Waals surface area contributed by atoms with Crippen LogP contribution in [0.25, 0.3) is 0 Å². The molecule has 0 aromatic heterocycles. The molecule has 0 saturated carbocycles. The summed E-state index contributed by atoms with van der Waals surface area (Å²) in [5, 5.41) is 0. The number of ether oxygens (including phenoxy) is 1. The fourth-order valence-electron chi connectivity index (χ4n) is 2.31. The van der Waals surface area contributed by atoms with Gasteiger partial charge in [-0.3, -0.25) is 4.90 Å². The lowest BCUT2D eigenvalue weighted by molar-refractivity contribution is 0.0567. The van der Waals surface area contributed by atoms with Crippen molar-refractivity contribution in [3.05, 3.63) is 35.9 Å². The lowest BCUT2D eigenvalue weighted by Crippen LogP contribution is -2.23. The zero-order valence-corrected chi connectivity index (χ0v) is 10.8. The van der Waals surface area contributed by atoms with Crippen LogP contribution in [0.15, 0.2) is 30.3 Å². The highest BCUT2D eigenvalue weighted by Gasteiger charge is 2.22. The van der Waals surface area contributed by atoms with E-state index >= 15 is 0 Å². The van der Waals surface area contributed by atoms with Gasteiger partial charge in [-0.2, -0.15) is 0 Å².